The van der Waals surface area contributed by atoms with Crippen LogP contribution in [0.5, 0.6) is 11.5 Å². The smallest absolute Gasteiger partial charge is 0.162 e. The fraction of sp³-hybridized carbons (Fsp3) is 0.138. The van der Waals surface area contributed by atoms with Crippen LogP contribution in [-0.4, -0.2) is 29.4 Å². The number of methoxy groups -OCH3 is 2. The highest BCUT2D eigenvalue weighted by atomic mass is 16.5. The Morgan fingerprint density at radius 1 is 0.743 bits per heavy atom. The Bertz CT molecular complexity index is 1420. The van der Waals surface area contributed by atoms with Crippen LogP contribution < -0.4 is 14.8 Å². The first kappa shape index (κ1) is 22.3. The minimum atomic E-state index is 0.687. The van der Waals surface area contributed by atoms with Crippen LogP contribution in [0.4, 0.5) is 11.5 Å². The summed E-state index contributed by atoms with van der Waals surface area (Å²) in [5.74, 6) is 2.12. The maximum Gasteiger partial charge on any atom is 0.162 e. The first-order chi connectivity index (χ1) is 17.2. The van der Waals surface area contributed by atoms with Gasteiger partial charge in [-0.2, -0.15) is 0 Å². The normalized spacial score (nSPS) is 10.8. The zero-order chi connectivity index (χ0) is 24.0. The molecule has 0 saturated carbocycles. The molecule has 0 amide bonds. The summed E-state index contributed by atoms with van der Waals surface area (Å²) in [4.78, 5) is 4.50. The van der Waals surface area contributed by atoms with Crippen LogP contribution in [0.15, 0.2) is 91.1 Å². The number of aromatic nitrogens is 3. The number of fused-ring (bicyclic) bond motifs is 1. The molecule has 5 rings (SSSR count). The summed E-state index contributed by atoms with van der Waals surface area (Å²) in [6, 6.07) is 28.4. The third-order valence-electron chi connectivity index (χ3n) is 5.98. The Hall–Kier alpha value is -4.45. The van der Waals surface area contributed by atoms with E-state index in [4.69, 9.17) is 9.47 Å². The Kier molecular flexibility index (Phi) is 6.52. The maximum atomic E-state index is 5.49. The second kappa shape index (κ2) is 10.2. The van der Waals surface area contributed by atoms with E-state index in [1.54, 1.807) is 14.2 Å². The third kappa shape index (κ3) is 5.06. The molecule has 0 aliphatic heterocycles. The van der Waals surface area contributed by atoms with Crippen LogP contribution in [0.25, 0.3) is 22.2 Å². The number of nitrogens with one attached hydrogen (secondary N) is 1. The molecule has 6 heteroatoms. The summed E-state index contributed by atoms with van der Waals surface area (Å²) in [6.45, 7) is 0. The molecule has 5 aromatic rings. The second-order valence-electron chi connectivity index (χ2n) is 8.19. The van der Waals surface area contributed by atoms with Crippen LogP contribution in [0, 0.1) is 0 Å². The molecule has 2 aromatic heterocycles. The van der Waals surface area contributed by atoms with Gasteiger partial charge in [0.1, 0.15) is 0 Å². The minimum Gasteiger partial charge on any atom is -0.493 e. The van der Waals surface area contributed by atoms with Gasteiger partial charge in [-0.05, 0) is 60.4 Å². The van der Waals surface area contributed by atoms with Gasteiger partial charge in [-0.15, -0.1) is 10.2 Å². The number of benzene rings is 3. The lowest BCUT2D eigenvalue weighted by Gasteiger charge is -2.12. The summed E-state index contributed by atoms with van der Waals surface area (Å²) in [7, 11) is 3.29. The van der Waals surface area contributed by atoms with E-state index in [2.05, 4.69) is 50.8 Å². The van der Waals surface area contributed by atoms with Gasteiger partial charge in [0.25, 0.3) is 0 Å². The highest BCUT2D eigenvalue weighted by molar-refractivity contribution is 5.85. The van der Waals surface area contributed by atoms with E-state index >= 15 is 0 Å². The van der Waals surface area contributed by atoms with Gasteiger partial charge in [-0.25, -0.2) is 0 Å². The molecule has 0 saturated heterocycles. The number of rotatable bonds is 8. The molecule has 0 radical (unpaired) electrons. The fourth-order valence-electron chi connectivity index (χ4n) is 4.09. The predicted molar refractivity (Wildman–Crippen MR) is 139 cm³/mol. The number of anilines is 2. The third-order valence-corrected chi connectivity index (χ3v) is 5.98. The largest absolute Gasteiger partial charge is 0.493 e. The summed E-state index contributed by atoms with van der Waals surface area (Å²) in [5.41, 5.74) is 6.26. The van der Waals surface area contributed by atoms with Gasteiger partial charge in [0.05, 0.1) is 25.4 Å². The molecule has 35 heavy (non-hydrogen) atoms. The summed E-state index contributed by atoms with van der Waals surface area (Å²) in [6.07, 6.45) is 3.66. The van der Waals surface area contributed by atoms with Crippen LogP contribution in [0.2, 0.25) is 0 Å². The van der Waals surface area contributed by atoms with E-state index in [-0.39, 0.29) is 0 Å². The number of pyridine rings is 1. The van der Waals surface area contributed by atoms with Gasteiger partial charge in [0.15, 0.2) is 17.3 Å². The van der Waals surface area contributed by atoms with E-state index in [9.17, 15) is 0 Å². The van der Waals surface area contributed by atoms with Gasteiger partial charge in [-0.3, -0.25) is 4.98 Å². The summed E-state index contributed by atoms with van der Waals surface area (Å²) in [5, 5.41) is 13.1. The molecule has 0 atom stereocenters. The Morgan fingerprint density at radius 2 is 1.51 bits per heavy atom. The Labute approximate surface area is 204 Å². The predicted octanol–water partition coefficient (Wildman–Crippen LogP) is 6.24. The lowest BCUT2D eigenvalue weighted by molar-refractivity contribution is 0.356. The van der Waals surface area contributed by atoms with Crippen LogP contribution in [0.1, 0.15) is 11.1 Å². The van der Waals surface area contributed by atoms with Crippen molar-refractivity contribution in [3.63, 3.8) is 0 Å². The van der Waals surface area contributed by atoms with Crippen molar-refractivity contribution in [3.05, 3.63) is 102 Å². The lowest BCUT2D eigenvalue weighted by atomic mass is 9.99. The van der Waals surface area contributed by atoms with Crippen LogP contribution in [-0.2, 0) is 12.8 Å². The van der Waals surface area contributed by atoms with Crippen molar-refractivity contribution in [1.82, 2.24) is 15.2 Å². The zero-order valence-corrected chi connectivity index (χ0v) is 19.7. The summed E-state index contributed by atoms with van der Waals surface area (Å²) < 4.78 is 10.9. The van der Waals surface area contributed by atoms with Crippen molar-refractivity contribution >= 4 is 22.4 Å². The fourth-order valence-corrected chi connectivity index (χ4v) is 4.09. The van der Waals surface area contributed by atoms with Crippen molar-refractivity contribution in [2.24, 2.45) is 0 Å². The SMILES string of the molecule is COc1cc2nccc(CCc3ccc(-c4ccc(Nc5ccccc5)nn4)cc3)c2cc1OC. The molecule has 0 spiro atoms. The van der Waals surface area contributed by atoms with Crippen LogP contribution in [0.3, 0.4) is 0 Å². The van der Waals surface area contributed by atoms with Crippen LogP contribution >= 0.6 is 0 Å². The van der Waals surface area contributed by atoms with E-state index in [1.165, 1.54) is 11.1 Å². The van der Waals surface area contributed by atoms with Crippen molar-refractivity contribution in [1.29, 1.82) is 0 Å². The number of ether oxygens (including phenoxy) is 2. The molecule has 2 heterocycles. The molecule has 6 nitrogen and oxygen atoms in total. The Balaban J connectivity index is 1.27. The van der Waals surface area contributed by atoms with Gasteiger partial charge < -0.3 is 14.8 Å². The van der Waals surface area contributed by atoms with Gasteiger partial charge in [-0.1, -0.05) is 42.5 Å². The number of hydrogen-bond donors (Lipinski definition) is 1. The van der Waals surface area contributed by atoms with Gasteiger partial charge in [0, 0.05) is 28.9 Å². The highest BCUT2D eigenvalue weighted by Gasteiger charge is 2.10. The Morgan fingerprint density at radius 3 is 2.23 bits per heavy atom. The topological polar surface area (TPSA) is 69.2 Å². The second-order valence-corrected chi connectivity index (χ2v) is 8.19. The molecule has 0 aliphatic rings. The van der Waals surface area contributed by atoms with Crippen molar-refractivity contribution < 1.29 is 9.47 Å². The molecule has 174 valence electrons. The summed E-state index contributed by atoms with van der Waals surface area (Å²) >= 11 is 0. The molecular formula is C29H26N4O2. The van der Waals surface area contributed by atoms with E-state index in [0.717, 1.165) is 46.5 Å². The first-order valence-electron chi connectivity index (χ1n) is 11.5. The molecular weight excluding hydrogens is 436 g/mol. The highest BCUT2D eigenvalue weighted by Crippen LogP contribution is 2.33. The number of para-hydroxylation sites is 1. The minimum absolute atomic E-state index is 0.687. The molecule has 0 bridgehead atoms. The van der Waals surface area contributed by atoms with E-state index in [1.807, 2.05) is 60.8 Å². The molecule has 0 unspecified atom stereocenters. The zero-order valence-electron chi connectivity index (χ0n) is 19.7. The van der Waals surface area contributed by atoms with E-state index in [0.29, 0.717) is 11.5 Å². The molecule has 3 aromatic carbocycles. The number of nitrogens with zero attached hydrogens (tertiary/aromatic N) is 3. The quantitative estimate of drug-likeness (QED) is 0.294. The van der Waals surface area contributed by atoms with Crippen molar-refractivity contribution in [2.75, 3.05) is 19.5 Å². The maximum absolute atomic E-state index is 5.49. The van der Waals surface area contributed by atoms with Crippen molar-refractivity contribution in [3.8, 4) is 22.8 Å². The van der Waals surface area contributed by atoms with E-state index < -0.39 is 0 Å². The van der Waals surface area contributed by atoms with Crippen molar-refractivity contribution in [2.45, 2.75) is 12.8 Å². The molecule has 1 N–H and O–H groups in total. The average Bonchev–Trinajstić information content (AvgIpc) is 2.92. The standard InChI is InChI=1S/C29H26N4O2/c1-34-27-18-24-21(16-17-30-26(24)19-28(27)35-2)11-8-20-9-12-22(13-10-20)25-14-15-29(33-32-25)31-23-6-4-3-5-7-23/h3-7,9-10,12-19H,8,11H2,1-2H3,(H,31,33). The number of hydrogen-bond acceptors (Lipinski definition) is 6. The monoisotopic (exact) mass is 462 g/mol. The molecule has 0 aliphatic carbocycles. The first-order valence-corrected chi connectivity index (χ1v) is 11.5. The number of aryl methyl sites for hydroxylation is 2. The van der Waals surface area contributed by atoms with Gasteiger partial charge in [0.2, 0.25) is 0 Å². The lowest BCUT2D eigenvalue weighted by Crippen LogP contribution is -1.97. The average molecular weight is 463 g/mol. The van der Waals surface area contributed by atoms with Gasteiger partial charge >= 0.3 is 0 Å². The molecule has 0 fully saturated rings.